The molecule has 0 aliphatic rings. The van der Waals surface area contributed by atoms with E-state index in [1.54, 1.807) is 0 Å². The second kappa shape index (κ2) is 11.0. The Hall–Kier alpha value is -1.64. The van der Waals surface area contributed by atoms with Gasteiger partial charge in [-0.1, -0.05) is 60.7 Å². The van der Waals surface area contributed by atoms with Crippen LogP contribution >= 0.6 is 0 Å². The molecule has 23 heavy (non-hydrogen) atoms. The summed E-state index contributed by atoms with van der Waals surface area (Å²) in [7, 11) is 2.04. The van der Waals surface area contributed by atoms with Crippen LogP contribution in [-0.2, 0) is 6.42 Å². The van der Waals surface area contributed by atoms with Crippen LogP contribution in [0.3, 0.4) is 0 Å². The predicted molar refractivity (Wildman–Crippen MR) is 100.0 cm³/mol. The highest BCUT2D eigenvalue weighted by atomic mass is 14.8. The maximum absolute atomic E-state index is 3.58. The van der Waals surface area contributed by atoms with Gasteiger partial charge in [0.1, 0.15) is 0 Å². The third kappa shape index (κ3) is 6.98. The zero-order valence-electron chi connectivity index (χ0n) is 14.3. The van der Waals surface area contributed by atoms with Gasteiger partial charge in [-0.15, -0.1) is 0 Å². The Labute approximate surface area is 141 Å². The highest BCUT2D eigenvalue weighted by Crippen LogP contribution is 2.19. The van der Waals surface area contributed by atoms with Gasteiger partial charge in [-0.05, 0) is 62.9 Å². The van der Waals surface area contributed by atoms with Crippen molar-refractivity contribution in [3.8, 4) is 0 Å². The first-order valence-corrected chi connectivity index (χ1v) is 8.84. The van der Waals surface area contributed by atoms with Gasteiger partial charge in [0.25, 0.3) is 0 Å². The second-order valence-corrected chi connectivity index (χ2v) is 6.15. The first-order valence-electron chi connectivity index (χ1n) is 8.84. The zero-order chi connectivity index (χ0) is 16.2. The summed E-state index contributed by atoms with van der Waals surface area (Å²) in [6.07, 6.45) is 4.84. The average Bonchev–Trinajstić information content (AvgIpc) is 2.61. The zero-order valence-corrected chi connectivity index (χ0v) is 14.3. The molecular formula is C21H30N2. The van der Waals surface area contributed by atoms with E-state index in [9.17, 15) is 0 Å². The van der Waals surface area contributed by atoms with Crippen LogP contribution in [0.15, 0.2) is 60.7 Å². The Kier molecular flexibility index (Phi) is 8.46. The molecule has 0 saturated heterocycles. The maximum atomic E-state index is 3.58. The molecule has 2 heteroatoms. The average molecular weight is 310 g/mol. The lowest BCUT2D eigenvalue weighted by Gasteiger charge is -2.17. The van der Waals surface area contributed by atoms with Gasteiger partial charge in [-0.3, -0.25) is 0 Å². The lowest BCUT2D eigenvalue weighted by atomic mass is 9.94. The van der Waals surface area contributed by atoms with E-state index in [-0.39, 0.29) is 0 Å². The Morgan fingerprint density at radius 1 is 0.826 bits per heavy atom. The molecule has 2 aromatic rings. The molecular weight excluding hydrogens is 280 g/mol. The summed E-state index contributed by atoms with van der Waals surface area (Å²) >= 11 is 0. The molecule has 0 heterocycles. The largest absolute Gasteiger partial charge is 0.319 e. The fourth-order valence-electron chi connectivity index (χ4n) is 3.02. The van der Waals surface area contributed by atoms with Crippen LogP contribution < -0.4 is 10.6 Å². The standard InChI is InChI=1S/C21H30N2/c1-22-18-21(20-13-6-3-7-14-20)15-9-17-23-16-8-12-19-10-4-2-5-11-19/h2-7,10-11,13-14,21-23H,8-9,12,15-18H2,1H3. The third-order valence-corrected chi connectivity index (χ3v) is 4.29. The smallest absolute Gasteiger partial charge is 0.00171 e. The summed E-state index contributed by atoms with van der Waals surface area (Å²) in [5.74, 6) is 0.618. The summed E-state index contributed by atoms with van der Waals surface area (Å²) in [5, 5.41) is 6.91. The molecule has 2 nitrogen and oxygen atoms in total. The lowest BCUT2D eigenvalue weighted by molar-refractivity contribution is 0.531. The molecule has 0 aromatic heterocycles. The van der Waals surface area contributed by atoms with E-state index in [0.29, 0.717) is 5.92 Å². The van der Waals surface area contributed by atoms with Gasteiger partial charge in [0.2, 0.25) is 0 Å². The summed E-state index contributed by atoms with van der Waals surface area (Å²) < 4.78 is 0. The molecule has 2 rings (SSSR count). The molecule has 0 aliphatic heterocycles. The molecule has 124 valence electrons. The lowest BCUT2D eigenvalue weighted by Crippen LogP contribution is -2.21. The summed E-state index contributed by atoms with van der Waals surface area (Å²) in [6, 6.07) is 21.6. The minimum Gasteiger partial charge on any atom is -0.319 e. The van der Waals surface area contributed by atoms with Crippen molar-refractivity contribution in [2.75, 3.05) is 26.7 Å². The minimum atomic E-state index is 0.618. The van der Waals surface area contributed by atoms with Crippen molar-refractivity contribution in [2.45, 2.75) is 31.6 Å². The van der Waals surface area contributed by atoms with Gasteiger partial charge in [0.05, 0.1) is 0 Å². The van der Waals surface area contributed by atoms with Gasteiger partial charge in [-0.25, -0.2) is 0 Å². The SMILES string of the molecule is CNCC(CCCNCCCc1ccccc1)c1ccccc1. The molecule has 1 atom stereocenters. The van der Waals surface area contributed by atoms with Crippen molar-refractivity contribution in [1.82, 2.24) is 10.6 Å². The fraction of sp³-hybridized carbons (Fsp3) is 0.429. The number of rotatable bonds is 11. The summed E-state index contributed by atoms with van der Waals surface area (Å²) in [5.41, 5.74) is 2.89. The Balaban J connectivity index is 1.58. The van der Waals surface area contributed by atoms with Crippen LogP contribution in [0.25, 0.3) is 0 Å². The van der Waals surface area contributed by atoms with Gasteiger partial charge in [0, 0.05) is 6.54 Å². The highest BCUT2D eigenvalue weighted by molar-refractivity contribution is 5.19. The Morgan fingerprint density at radius 2 is 1.48 bits per heavy atom. The Bertz CT molecular complexity index is 510. The molecule has 1 unspecified atom stereocenters. The van der Waals surface area contributed by atoms with E-state index >= 15 is 0 Å². The van der Waals surface area contributed by atoms with E-state index in [2.05, 4.69) is 71.3 Å². The van der Waals surface area contributed by atoms with Crippen molar-refractivity contribution in [3.63, 3.8) is 0 Å². The van der Waals surface area contributed by atoms with Crippen LogP contribution in [-0.4, -0.2) is 26.7 Å². The molecule has 0 spiro atoms. The quantitative estimate of drug-likeness (QED) is 0.613. The maximum Gasteiger partial charge on any atom is 0.00171 e. The normalized spacial score (nSPS) is 12.2. The molecule has 0 saturated carbocycles. The van der Waals surface area contributed by atoms with Gasteiger partial charge >= 0.3 is 0 Å². The molecule has 2 N–H and O–H groups in total. The van der Waals surface area contributed by atoms with E-state index in [1.807, 2.05) is 7.05 Å². The highest BCUT2D eigenvalue weighted by Gasteiger charge is 2.09. The number of hydrogen-bond donors (Lipinski definition) is 2. The first-order chi connectivity index (χ1) is 11.4. The molecule has 0 amide bonds. The monoisotopic (exact) mass is 310 g/mol. The number of aryl methyl sites for hydroxylation is 1. The van der Waals surface area contributed by atoms with Crippen LogP contribution in [0.1, 0.15) is 36.3 Å². The molecule has 0 radical (unpaired) electrons. The third-order valence-electron chi connectivity index (χ3n) is 4.29. The molecule has 0 bridgehead atoms. The van der Waals surface area contributed by atoms with Crippen LogP contribution in [0.4, 0.5) is 0 Å². The molecule has 2 aromatic carbocycles. The van der Waals surface area contributed by atoms with Gasteiger partial charge in [-0.2, -0.15) is 0 Å². The molecule has 0 aliphatic carbocycles. The minimum absolute atomic E-state index is 0.618. The first kappa shape index (κ1) is 17.7. The topological polar surface area (TPSA) is 24.1 Å². The van der Waals surface area contributed by atoms with Crippen LogP contribution in [0.5, 0.6) is 0 Å². The van der Waals surface area contributed by atoms with Crippen molar-refractivity contribution in [1.29, 1.82) is 0 Å². The molecule has 0 fully saturated rings. The number of benzene rings is 2. The van der Waals surface area contributed by atoms with Crippen LogP contribution in [0, 0.1) is 0 Å². The summed E-state index contributed by atoms with van der Waals surface area (Å²) in [4.78, 5) is 0. The van der Waals surface area contributed by atoms with E-state index in [1.165, 1.54) is 36.8 Å². The number of likely N-dealkylation sites (N-methyl/N-ethyl adjacent to an activating group) is 1. The van der Waals surface area contributed by atoms with Crippen molar-refractivity contribution >= 4 is 0 Å². The Morgan fingerprint density at radius 3 is 2.17 bits per heavy atom. The summed E-state index contributed by atoms with van der Waals surface area (Å²) in [6.45, 7) is 3.27. The fourth-order valence-corrected chi connectivity index (χ4v) is 3.02. The van der Waals surface area contributed by atoms with E-state index < -0.39 is 0 Å². The van der Waals surface area contributed by atoms with Crippen molar-refractivity contribution in [2.24, 2.45) is 0 Å². The van der Waals surface area contributed by atoms with Crippen molar-refractivity contribution in [3.05, 3.63) is 71.8 Å². The number of nitrogens with one attached hydrogen (secondary N) is 2. The number of hydrogen-bond acceptors (Lipinski definition) is 2. The van der Waals surface area contributed by atoms with Crippen molar-refractivity contribution < 1.29 is 0 Å². The second-order valence-electron chi connectivity index (χ2n) is 6.15. The van der Waals surface area contributed by atoms with Gasteiger partial charge in [0.15, 0.2) is 0 Å². The van der Waals surface area contributed by atoms with Crippen LogP contribution in [0.2, 0.25) is 0 Å². The van der Waals surface area contributed by atoms with E-state index in [0.717, 1.165) is 19.6 Å². The van der Waals surface area contributed by atoms with E-state index in [4.69, 9.17) is 0 Å². The predicted octanol–water partition coefficient (Wildman–Crippen LogP) is 3.99. The van der Waals surface area contributed by atoms with Gasteiger partial charge < -0.3 is 10.6 Å².